The van der Waals surface area contributed by atoms with Gasteiger partial charge in [0, 0.05) is 25.7 Å². The van der Waals surface area contributed by atoms with Crippen molar-refractivity contribution in [1.82, 2.24) is 0 Å². The standard InChI is InChI=1S/C13H16N2O3/c1-9(16)15-12-8-11(14-2)6-4-10(12)5-7-13(17)18-3/h4-8,14H,1-3H3,(H,15,16). The molecule has 1 rings (SSSR count). The van der Waals surface area contributed by atoms with Gasteiger partial charge in [0.1, 0.15) is 0 Å². The van der Waals surface area contributed by atoms with Gasteiger partial charge in [-0.1, -0.05) is 6.07 Å². The molecule has 18 heavy (non-hydrogen) atoms. The molecular weight excluding hydrogens is 232 g/mol. The topological polar surface area (TPSA) is 67.4 Å². The number of carbonyl (C=O) groups is 2. The zero-order chi connectivity index (χ0) is 13.5. The summed E-state index contributed by atoms with van der Waals surface area (Å²) in [5.41, 5.74) is 2.23. The van der Waals surface area contributed by atoms with Gasteiger partial charge in [-0.05, 0) is 23.8 Å². The Morgan fingerprint density at radius 1 is 1.33 bits per heavy atom. The second-order valence-corrected chi connectivity index (χ2v) is 3.59. The average Bonchev–Trinajstić information content (AvgIpc) is 2.36. The second kappa shape index (κ2) is 6.44. The lowest BCUT2D eigenvalue weighted by atomic mass is 10.1. The van der Waals surface area contributed by atoms with Crippen LogP contribution in [0, 0.1) is 0 Å². The molecule has 0 aliphatic carbocycles. The van der Waals surface area contributed by atoms with Crippen LogP contribution in [0.5, 0.6) is 0 Å². The minimum Gasteiger partial charge on any atom is -0.466 e. The van der Waals surface area contributed by atoms with Gasteiger partial charge in [0.05, 0.1) is 12.8 Å². The van der Waals surface area contributed by atoms with Crippen LogP contribution in [0.2, 0.25) is 0 Å². The molecule has 0 aliphatic rings. The van der Waals surface area contributed by atoms with E-state index in [0.29, 0.717) is 5.69 Å². The zero-order valence-electron chi connectivity index (χ0n) is 10.6. The molecule has 0 aliphatic heterocycles. The van der Waals surface area contributed by atoms with Gasteiger partial charge >= 0.3 is 5.97 Å². The minimum absolute atomic E-state index is 0.170. The van der Waals surface area contributed by atoms with Crippen molar-refractivity contribution in [3.05, 3.63) is 29.8 Å². The first kappa shape index (κ1) is 13.8. The molecule has 5 heteroatoms. The molecular formula is C13H16N2O3. The highest BCUT2D eigenvalue weighted by Crippen LogP contribution is 2.22. The number of carbonyl (C=O) groups excluding carboxylic acids is 2. The van der Waals surface area contributed by atoms with E-state index in [9.17, 15) is 9.59 Å². The Labute approximate surface area is 106 Å². The molecule has 0 saturated heterocycles. The zero-order valence-corrected chi connectivity index (χ0v) is 10.6. The van der Waals surface area contributed by atoms with Crippen molar-refractivity contribution in [3.63, 3.8) is 0 Å². The first-order chi connectivity index (χ1) is 8.56. The quantitative estimate of drug-likeness (QED) is 0.630. The number of nitrogens with one attached hydrogen (secondary N) is 2. The van der Waals surface area contributed by atoms with Crippen LogP contribution in [0.25, 0.3) is 6.08 Å². The van der Waals surface area contributed by atoms with Gasteiger partial charge in [-0.15, -0.1) is 0 Å². The Kier molecular flexibility index (Phi) is 4.92. The highest BCUT2D eigenvalue weighted by molar-refractivity contribution is 5.94. The van der Waals surface area contributed by atoms with Crippen molar-refractivity contribution in [2.45, 2.75) is 6.92 Å². The Balaban J connectivity index is 3.05. The van der Waals surface area contributed by atoms with Crippen LogP contribution in [-0.2, 0) is 14.3 Å². The molecule has 1 aromatic rings. The fourth-order valence-corrected chi connectivity index (χ4v) is 1.38. The average molecular weight is 248 g/mol. The summed E-state index contributed by atoms with van der Waals surface area (Å²) in [7, 11) is 3.10. The lowest BCUT2D eigenvalue weighted by Crippen LogP contribution is -2.07. The summed E-state index contributed by atoms with van der Waals surface area (Å²) >= 11 is 0. The molecule has 0 saturated carbocycles. The summed E-state index contributed by atoms with van der Waals surface area (Å²) in [6.07, 6.45) is 2.90. The van der Waals surface area contributed by atoms with Crippen LogP contribution in [0.4, 0.5) is 11.4 Å². The number of benzene rings is 1. The minimum atomic E-state index is -0.443. The van der Waals surface area contributed by atoms with Gasteiger partial charge in [0.15, 0.2) is 0 Å². The van der Waals surface area contributed by atoms with Crippen LogP contribution < -0.4 is 10.6 Å². The fraction of sp³-hybridized carbons (Fsp3) is 0.231. The summed E-state index contributed by atoms with van der Waals surface area (Å²) < 4.78 is 4.51. The Hall–Kier alpha value is -2.30. The lowest BCUT2D eigenvalue weighted by molar-refractivity contribution is -0.134. The highest BCUT2D eigenvalue weighted by atomic mass is 16.5. The van der Waals surface area contributed by atoms with Gasteiger partial charge in [-0.3, -0.25) is 4.79 Å². The summed E-state index contributed by atoms with van der Waals surface area (Å²) in [4.78, 5) is 22.1. The summed E-state index contributed by atoms with van der Waals surface area (Å²) in [6, 6.07) is 5.44. The molecule has 1 aromatic carbocycles. The molecule has 2 N–H and O–H groups in total. The Morgan fingerprint density at radius 2 is 2.06 bits per heavy atom. The van der Waals surface area contributed by atoms with Crippen molar-refractivity contribution < 1.29 is 14.3 Å². The second-order valence-electron chi connectivity index (χ2n) is 3.59. The fourth-order valence-electron chi connectivity index (χ4n) is 1.38. The molecule has 0 fully saturated rings. The van der Waals surface area contributed by atoms with Crippen molar-refractivity contribution in [1.29, 1.82) is 0 Å². The summed E-state index contributed by atoms with van der Waals surface area (Å²) in [5, 5.41) is 5.68. The van der Waals surface area contributed by atoms with Crippen LogP contribution >= 0.6 is 0 Å². The van der Waals surface area contributed by atoms with Gasteiger partial charge in [0.2, 0.25) is 5.91 Å². The number of methoxy groups -OCH3 is 1. The van der Waals surface area contributed by atoms with Gasteiger partial charge < -0.3 is 15.4 Å². The Morgan fingerprint density at radius 3 is 2.61 bits per heavy atom. The maximum atomic E-state index is 11.1. The number of esters is 1. The SMILES string of the molecule is CNc1ccc(C=CC(=O)OC)c(NC(C)=O)c1. The van der Waals surface area contributed by atoms with Gasteiger partial charge in [0.25, 0.3) is 0 Å². The van der Waals surface area contributed by atoms with Gasteiger partial charge in [-0.25, -0.2) is 4.79 Å². The van der Waals surface area contributed by atoms with E-state index in [0.717, 1.165) is 11.3 Å². The van der Waals surface area contributed by atoms with E-state index in [1.807, 2.05) is 6.07 Å². The van der Waals surface area contributed by atoms with Crippen LogP contribution in [-0.4, -0.2) is 26.0 Å². The number of hydrogen-bond donors (Lipinski definition) is 2. The normalized spacial score (nSPS) is 10.2. The first-order valence-corrected chi connectivity index (χ1v) is 5.42. The van der Waals surface area contributed by atoms with Gasteiger partial charge in [-0.2, -0.15) is 0 Å². The third-order valence-corrected chi connectivity index (χ3v) is 2.25. The number of amides is 1. The maximum Gasteiger partial charge on any atom is 0.330 e. The molecule has 1 amide bonds. The lowest BCUT2D eigenvalue weighted by Gasteiger charge is -2.09. The Bertz CT molecular complexity index is 481. The molecule has 0 atom stereocenters. The number of ether oxygens (including phenoxy) is 1. The van der Waals surface area contributed by atoms with Crippen LogP contribution in [0.1, 0.15) is 12.5 Å². The van der Waals surface area contributed by atoms with Crippen LogP contribution in [0.3, 0.4) is 0 Å². The molecule has 96 valence electrons. The predicted octanol–water partition coefficient (Wildman–Crippen LogP) is 1.87. The molecule has 0 unspecified atom stereocenters. The van der Waals surface area contributed by atoms with E-state index >= 15 is 0 Å². The molecule has 0 radical (unpaired) electrons. The van der Waals surface area contributed by atoms with E-state index in [2.05, 4.69) is 15.4 Å². The molecule has 0 bridgehead atoms. The van der Waals surface area contributed by atoms with Crippen molar-refractivity contribution >= 4 is 29.3 Å². The first-order valence-electron chi connectivity index (χ1n) is 5.42. The summed E-state index contributed by atoms with van der Waals surface area (Å²) in [6.45, 7) is 1.43. The maximum absolute atomic E-state index is 11.1. The third-order valence-electron chi connectivity index (χ3n) is 2.25. The smallest absolute Gasteiger partial charge is 0.330 e. The van der Waals surface area contributed by atoms with Crippen molar-refractivity contribution in [2.24, 2.45) is 0 Å². The molecule has 5 nitrogen and oxygen atoms in total. The highest BCUT2D eigenvalue weighted by Gasteiger charge is 2.03. The number of anilines is 2. The van der Waals surface area contributed by atoms with Crippen molar-refractivity contribution in [3.8, 4) is 0 Å². The van der Waals surface area contributed by atoms with E-state index in [1.165, 1.54) is 20.1 Å². The number of rotatable bonds is 4. The predicted molar refractivity (Wildman–Crippen MR) is 71.3 cm³/mol. The summed E-state index contributed by atoms with van der Waals surface area (Å²) in [5.74, 6) is -0.613. The number of hydrogen-bond acceptors (Lipinski definition) is 4. The van der Waals surface area contributed by atoms with Crippen LogP contribution in [0.15, 0.2) is 24.3 Å². The molecule has 0 spiro atoms. The third kappa shape index (κ3) is 3.93. The van der Waals surface area contributed by atoms with E-state index in [1.54, 1.807) is 25.3 Å². The van der Waals surface area contributed by atoms with E-state index in [4.69, 9.17) is 0 Å². The largest absolute Gasteiger partial charge is 0.466 e. The van der Waals surface area contributed by atoms with E-state index < -0.39 is 5.97 Å². The molecule has 0 aromatic heterocycles. The van der Waals surface area contributed by atoms with Crippen molar-refractivity contribution in [2.75, 3.05) is 24.8 Å². The van der Waals surface area contributed by atoms with E-state index in [-0.39, 0.29) is 5.91 Å². The molecule has 0 heterocycles. The monoisotopic (exact) mass is 248 g/mol.